The molecule has 20 heavy (non-hydrogen) atoms. The molecule has 0 radical (unpaired) electrons. The zero-order valence-electron chi connectivity index (χ0n) is 11.1. The number of aryl methyl sites for hydroxylation is 1. The van der Waals surface area contributed by atoms with Gasteiger partial charge in [-0.05, 0) is 43.1 Å². The molecule has 110 valence electrons. The van der Waals surface area contributed by atoms with Gasteiger partial charge in [0.25, 0.3) is 0 Å². The molecule has 0 spiro atoms. The van der Waals surface area contributed by atoms with E-state index in [2.05, 4.69) is 10.1 Å². The van der Waals surface area contributed by atoms with Gasteiger partial charge in [-0.2, -0.15) is 8.78 Å². The highest BCUT2D eigenvalue weighted by atomic mass is 19.3. The molecule has 0 aromatic heterocycles. The molecule has 0 bridgehead atoms. The number of nitrogens with one attached hydrogen (secondary N) is 1. The van der Waals surface area contributed by atoms with Crippen LogP contribution in [0.4, 0.5) is 13.2 Å². The number of carbonyl (C=O) groups excluding carboxylic acids is 1. The first-order chi connectivity index (χ1) is 9.38. The molecular weight excluding hydrogens is 271 g/mol. The Morgan fingerprint density at radius 3 is 2.80 bits per heavy atom. The lowest BCUT2D eigenvalue weighted by Gasteiger charge is -2.11. The monoisotopic (exact) mass is 287 g/mol. The van der Waals surface area contributed by atoms with Crippen molar-refractivity contribution in [3.8, 4) is 0 Å². The molecule has 3 nitrogen and oxygen atoms in total. The van der Waals surface area contributed by atoms with Crippen molar-refractivity contribution >= 4 is 5.97 Å². The smallest absolute Gasteiger partial charge is 0.377 e. The summed E-state index contributed by atoms with van der Waals surface area (Å²) >= 11 is 0. The molecule has 1 N–H and O–H groups in total. The van der Waals surface area contributed by atoms with Gasteiger partial charge in [-0.15, -0.1) is 0 Å². The van der Waals surface area contributed by atoms with Gasteiger partial charge in [0, 0.05) is 6.54 Å². The van der Waals surface area contributed by atoms with E-state index in [9.17, 15) is 18.0 Å². The predicted molar refractivity (Wildman–Crippen MR) is 67.2 cm³/mol. The van der Waals surface area contributed by atoms with Gasteiger partial charge in [-0.3, -0.25) is 0 Å². The van der Waals surface area contributed by atoms with E-state index in [-0.39, 0.29) is 12.4 Å². The molecule has 1 unspecified atom stereocenters. The second-order valence-electron chi connectivity index (χ2n) is 4.96. The first-order valence-electron chi connectivity index (χ1n) is 6.43. The van der Waals surface area contributed by atoms with Gasteiger partial charge in [-0.1, -0.05) is 6.07 Å². The van der Waals surface area contributed by atoms with E-state index < -0.39 is 24.4 Å². The predicted octanol–water partition coefficient (Wildman–Crippen LogP) is 2.22. The third-order valence-electron chi connectivity index (χ3n) is 3.30. The lowest BCUT2D eigenvalue weighted by Crippen LogP contribution is -2.28. The van der Waals surface area contributed by atoms with Gasteiger partial charge in [0.15, 0.2) is 0 Å². The maximum atomic E-state index is 12.9. The summed E-state index contributed by atoms with van der Waals surface area (Å²) < 4.78 is 43.3. The Labute approximate surface area is 115 Å². The standard InChI is InChI=1S/C14H16F3NO2/c1-9-6-11(15)3-2-10(9)4-5-18-8-12-7-14(16,17)13(19)20-12/h2-3,6,12,18H,4-5,7-8H2,1H3. The Balaban J connectivity index is 1.73. The molecular formula is C14H16F3NO2. The first-order valence-corrected chi connectivity index (χ1v) is 6.43. The van der Waals surface area contributed by atoms with Crippen LogP contribution in [0.25, 0.3) is 0 Å². The van der Waals surface area contributed by atoms with E-state index in [4.69, 9.17) is 0 Å². The average molecular weight is 287 g/mol. The normalized spacial score (nSPS) is 21.0. The van der Waals surface area contributed by atoms with Crippen LogP contribution in [-0.2, 0) is 16.0 Å². The van der Waals surface area contributed by atoms with E-state index in [0.717, 1.165) is 11.1 Å². The summed E-state index contributed by atoms with van der Waals surface area (Å²) in [4.78, 5) is 10.8. The van der Waals surface area contributed by atoms with Crippen molar-refractivity contribution in [2.45, 2.75) is 31.8 Å². The molecule has 1 fully saturated rings. The van der Waals surface area contributed by atoms with Crippen LogP contribution in [0.15, 0.2) is 18.2 Å². The zero-order valence-corrected chi connectivity index (χ0v) is 11.1. The van der Waals surface area contributed by atoms with E-state index in [1.807, 2.05) is 6.92 Å². The fourth-order valence-corrected chi connectivity index (χ4v) is 2.19. The van der Waals surface area contributed by atoms with Crippen molar-refractivity contribution in [3.63, 3.8) is 0 Å². The Morgan fingerprint density at radius 1 is 1.45 bits per heavy atom. The SMILES string of the molecule is Cc1cc(F)ccc1CCNCC1CC(F)(F)C(=O)O1. The number of benzene rings is 1. The molecule has 1 saturated heterocycles. The summed E-state index contributed by atoms with van der Waals surface area (Å²) in [6, 6.07) is 4.55. The summed E-state index contributed by atoms with van der Waals surface area (Å²) in [5.74, 6) is -5.09. The third kappa shape index (κ3) is 3.50. The number of alkyl halides is 2. The fraction of sp³-hybridized carbons (Fsp3) is 0.500. The Hall–Kier alpha value is -1.56. The number of hydrogen-bond acceptors (Lipinski definition) is 3. The van der Waals surface area contributed by atoms with Gasteiger partial charge in [0.05, 0.1) is 6.42 Å². The van der Waals surface area contributed by atoms with Crippen molar-refractivity contribution in [1.29, 1.82) is 0 Å². The Morgan fingerprint density at radius 2 is 2.20 bits per heavy atom. The largest absolute Gasteiger partial charge is 0.456 e. The van der Waals surface area contributed by atoms with E-state index in [1.54, 1.807) is 6.07 Å². The minimum atomic E-state index is -3.36. The topological polar surface area (TPSA) is 38.3 Å². The number of esters is 1. The minimum absolute atomic E-state index is 0.196. The molecule has 0 aliphatic carbocycles. The maximum Gasteiger partial charge on any atom is 0.377 e. The van der Waals surface area contributed by atoms with E-state index in [0.29, 0.717) is 13.0 Å². The van der Waals surface area contributed by atoms with Gasteiger partial charge >= 0.3 is 11.9 Å². The van der Waals surface area contributed by atoms with Crippen LogP contribution in [-0.4, -0.2) is 31.1 Å². The number of halogens is 3. The Kier molecular flexibility index (Phi) is 4.32. The van der Waals surface area contributed by atoms with Crippen LogP contribution < -0.4 is 5.32 Å². The molecule has 1 aliphatic rings. The van der Waals surface area contributed by atoms with Crippen LogP contribution in [0.2, 0.25) is 0 Å². The summed E-state index contributed by atoms with van der Waals surface area (Å²) in [6.45, 7) is 2.56. The van der Waals surface area contributed by atoms with Gasteiger partial charge in [0.1, 0.15) is 11.9 Å². The summed E-state index contributed by atoms with van der Waals surface area (Å²) in [5, 5.41) is 2.97. The number of ether oxygens (including phenoxy) is 1. The average Bonchev–Trinajstić information content (AvgIpc) is 2.61. The molecule has 1 aromatic carbocycles. The van der Waals surface area contributed by atoms with Gasteiger partial charge in [0.2, 0.25) is 0 Å². The molecule has 6 heteroatoms. The van der Waals surface area contributed by atoms with E-state index >= 15 is 0 Å². The number of hydrogen-bond donors (Lipinski definition) is 1. The van der Waals surface area contributed by atoms with Gasteiger partial charge in [-0.25, -0.2) is 9.18 Å². The third-order valence-corrected chi connectivity index (χ3v) is 3.30. The lowest BCUT2D eigenvalue weighted by atomic mass is 10.1. The summed E-state index contributed by atoms with van der Waals surface area (Å²) in [6.07, 6.45) is -0.704. The quantitative estimate of drug-likeness (QED) is 0.666. The van der Waals surface area contributed by atoms with Crippen LogP contribution in [0, 0.1) is 12.7 Å². The number of carbonyl (C=O) groups is 1. The highest BCUT2D eigenvalue weighted by Crippen LogP contribution is 2.30. The molecule has 1 aromatic rings. The van der Waals surface area contributed by atoms with Crippen molar-refractivity contribution in [2.24, 2.45) is 0 Å². The van der Waals surface area contributed by atoms with Crippen molar-refractivity contribution in [2.75, 3.05) is 13.1 Å². The summed E-state index contributed by atoms with van der Waals surface area (Å²) in [7, 11) is 0. The zero-order chi connectivity index (χ0) is 14.8. The molecule has 0 amide bonds. The lowest BCUT2D eigenvalue weighted by molar-refractivity contribution is -0.158. The number of rotatable bonds is 5. The molecule has 1 atom stereocenters. The van der Waals surface area contributed by atoms with Gasteiger partial charge < -0.3 is 10.1 Å². The van der Waals surface area contributed by atoms with Crippen LogP contribution in [0.5, 0.6) is 0 Å². The highest BCUT2D eigenvalue weighted by molar-refractivity contribution is 5.79. The summed E-state index contributed by atoms with van der Waals surface area (Å²) in [5.41, 5.74) is 1.85. The van der Waals surface area contributed by atoms with E-state index in [1.165, 1.54) is 12.1 Å². The van der Waals surface area contributed by atoms with Crippen LogP contribution >= 0.6 is 0 Å². The molecule has 1 heterocycles. The molecule has 0 saturated carbocycles. The highest BCUT2D eigenvalue weighted by Gasteiger charge is 2.50. The van der Waals surface area contributed by atoms with Crippen molar-refractivity contribution in [1.82, 2.24) is 5.32 Å². The van der Waals surface area contributed by atoms with Crippen LogP contribution in [0.1, 0.15) is 17.5 Å². The molecule has 2 rings (SSSR count). The Bertz CT molecular complexity index is 505. The first kappa shape index (κ1) is 14.8. The fourth-order valence-electron chi connectivity index (χ4n) is 2.19. The molecule has 1 aliphatic heterocycles. The number of cyclic esters (lactones) is 1. The van der Waals surface area contributed by atoms with Crippen molar-refractivity contribution in [3.05, 3.63) is 35.1 Å². The minimum Gasteiger partial charge on any atom is -0.456 e. The second-order valence-corrected chi connectivity index (χ2v) is 4.96. The van der Waals surface area contributed by atoms with Crippen molar-refractivity contribution < 1.29 is 22.7 Å². The maximum absolute atomic E-state index is 12.9. The van der Waals surface area contributed by atoms with Crippen LogP contribution in [0.3, 0.4) is 0 Å². The second kappa shape index (κ2) is 5.83.